The van der Waals surface area contributed by atoms with Crippen molar-refractivity contribution in [1.29, 1.82) is 0 Å². The van der Waals surface area contributed by atoms with Crippen molar-refractivity contribution < 1.29 is 5.11 Å². The van der Waals surface area contributed by atoms with Gasteiger partial charge < -0.3 is 10.4 Å². The smallest absolute Gasteiger partial charge is 0.134 e. The van der Waals surface area contributed by atoms with Gasteiger partial charge in [0.05, 0.1) is 17.3 Å². The molecule has 0 amide bonds. The van der Waals surface area contributed by atoms with E-state index in [9.17, 15) is 5.11 Å². The Morgan fingerprint density at radius 2 is 2.12 bits per heavy atom. The predicted molar refractivity (Wildman–Crippen MR) is 72.4 cm³/mol. The number of aromatic nitrogens is 1. The van der Waals surface area contributed by atoms with Crippen LogP contribution in [0.15, 0.2) is 41.0 Å². The molecule has 1 aromatic carbocycles. The molecular formula is C12H10BrClN2O. The third-order valence-corrected chi connectivity index (χ3v) is 2.94. The number of anilines is 1. The summed E-state index contributed by atoms with van der Waals surface area (Å²) in [6, 6.07) is 10.7. The molecule has 2 N–H and O–H groups in total. The number of phenols is 1. The van der Waals surface area contributed by atoms with Crippen LogP contribution in [0.25, 0.3) is 0 Å². The highest BCUT2D eigenvalue weighted by Crippen LogP contribution is 2.26. The Kier molecular flexibility index (Phi) is 3.86. The first-order valence-electron chi connectivity index (χ1n) is 4.99. The molecule has 2 rings (SSSR count). The van der Waals surface area contributed by atoms with E-state index in [4.69, 9.17) is 11.6 Å². The summed E-state index contributed by atoms with van der Waals surface area (Å²) >= 11 is 9.12. The molecule has 17 heavy (non-hydrogen) atoms. The first-order valence-corrected chi connectivity index (χ1v) is 6.16. The van der Waals surface area contributed by atoms with Crippen LogP contribution >= 0.6 is 27.5 Å². The second-order valence-corrected chi connectivity index (χ2v) is 4.69. The van der Waals surface area contributed by atoms with Gasteiger partial charge in [-0.3, -0.25) is 0 Å². The van der Waals surface area contributed by atoms with Crippen molar-refractivity contribution >= 4 is 33.2 Å². The number of hydrogen-bond donors (Lipinski definition) is 2. The largest absolute Gasteiger partial charge is 0.506 e. The molecule has 0 saturated carbocycles. The summed E-state index contributed by atoms with van der Waals surface area (Å²) in [6.07, 6.45) is 0. The molecule has 0 radical (unpaired) electrons. The molecule has 3 nitrogen and oxygen atoms in total. The predicted octanol–water partition coefficient (Wildman–Crippen LogP) is 3.82. The Morgan fingerprint density at radius 3 is 2.82 bits per heavy atom. The normalized spacial score (nSPS) is 10.2. The second kappa shape index (κ2) is 5.38. The van der Waals surface area contributed by atoms with E-state index < -0.39 is 0 Å². The van der Waals surface area contributed by atoms with Gasteiger partial charge in [0.1, 0.15) is 10.4 Å². The molecule has 0 aliphatic rings. The van der Waals surface area contributed by atoms with Crippen LogP contribution in [-0.4, -0.2) is 10.1 Å². The molecule has 0 unspecified atom stereocenters. The molecule has 1 heterocycles. The molecule has 88 valence electrons. The molecule has 0 aliphatic heterocycles. The fourth-order valence-corrected chi connectivity index (χ4v) is 1.92. The van der Waals surface area contributed by atoms with Crippen LogP contribution in [0.3, 0.4) is 0 Å². The van der Waals surface area contributed by atoms with Gasteiger partial charge in [0, 0.05) is 5.69 Å². The minimum absolute atomic E-state index is 0.0813. The molecule has 0 fully saturated rings. The number of rotatable bonds is 3. The van der Waals surface area contributed by atoms with Gasteiger partial charge in [0.15, 0.2) is 0 Å². The summed E-state index contributed by atoms with van der Waals surface area (Å²) in [5.74, 6) is 0.0813. The number of pyridine rings is 1. The number of benzene rings is 1. The zero-order valence-electron chi connectivity index (χ0n) is 8.82. The van der Waals surface area contributed by atoms with E-state index in [1.165, 1.54) is 0 Å². The van der Waals surface area contributed by atoms with Crippen LogP contribution in [0.5, 0.6) is 5.75 Å². The summed E-state index contributed by atoms with van der Waals surface area (Å²) < 4.78 is 0.806. The zero-order chi connectivity index (χ0) is 12.3. The molecule has 0 spiro atoms. The van der Waals surface area contributed by atoms with Gasteiger partial charge in [-0.2, -0.15) is 0 Å². The third-order valence-electron chi connectivity index (χ3n) is 2.19. The van der Waals surface area contributed by atoms with Gasteiger partial charge in [-0.15, -0.1) is 0 Å². The summed E-state index contributed by atoms with van der Waals surface area (Å²) in [4.78, 5) is 4.30. The first-order chi connectivity index (χ1) is 8.15. The summed E-state index contributed by atoms with van der Waals surface area (Å²) in [5.41, 5.74) is 1.76. The van der Waals surface area contributed by atoms with Gasteiger partial charge in [0.25, 0.3) is 0 Å². The Morgan fingerprint density at radius 1 is 1.29 bits per heavy atom. The Balaban J connectivity index is 2.05. The molecule has 0 saturated heterocycles. The average Bonchev–Trinajstić information content (AvgIpc) is 2.31. The summed E-state index contributed by atoms with van der Waals surface area (Å²) in [7, 11) is 0. The van der Waals surface area contributed by atoms with Crippen molar-refractivity contribution in [2.75, 3.05) is 5.32 Å². The van der Waals surface area contributed by atoms with Crippen LogP contribution in [0, 0.1) is 0 Å². The molecule has 0 bridgehead atoms. The lowest BCUT2D eigenvalue weighted by molar-refractivity contribution is 0.475. The highest BCUT2D eigenvalue weighted by Gasteiger charge is 2.00. The van der Waals surface area contributed by atoms with Crippen molar-refractivity contribution in [1.82, 2.24) is 4.98 Å². The fourth-order valence-electron chi connectivity index (χ4n) is 1.36. The fraction of sp³-hybridized carbons (Fsp3) is 0.0833. The molecule has 5 heteroatoms. The number of nitrogens with one attached hydrogen (secondary N) is 1. The van der Waals surface area contributed by atoms with Crippen LogP contribution < -0.4 is 5.32 Å². The SMILES string of the molecule is Oc1ccc(NCc2cccc(Br)n2)cc1Cl. The van der Waals surface area contributed by atoms with Crippen molar-refractivity contribution in [3.05, 3.63) is 51.7 Å². The van der Waals surface area contributed by atoms with Gasteiger partial charge >= 0.3 is 0 Å². The Labute approximate surface area is 113 Å². The van der Waals surface area contributed by atoms with E-state index >= 15 is 0 Å². The van der Waals surface area contributed by atoms with Crippen molar-refractivity contribution in [2.45, 2.75) is 6.54 Å². The minimum Gasteiger partial charge on any atom is -0.506 e. The maximum atomic E-state index is 9.29. The monoisotopic (exact) mass is 312 g/mol. The number of phenolic OH excluding ortho intramolecular Hbond substituents is 1. The van der Waals surface area contributed by atoms with Crippen LogP contribution in [0.1, 0.15) is 5.69 Å². The topological polar surface area (TPSA) is 45.1 Å². The number of hydrogen-bond acceptors (Lipinski definition) is 3. The molecule has 1 aromatic heterocycles. The van der Waals surface area contributed by atoms with Gasteiger partial charge in [-0.25, -0.2) is 4.98 Å². The third kappa shape index (κ3) is 3.35. The zero-order valence-corrected chi connectivity index (χ0v) is 11.2. The average molecular weight is 314 g/mol. The molecular weight excluding hydrogens is 304 g/mol. The maximum Gasteiger partial charge on any atom is 0.134 e. The van der Waals surface area contributed by atoms with Crippen LogP contribution in [0.2, 0.25) is 5.02 Å². The Hall–Kier alpha value is -1.26. The van der Waals surface area contributed by atoms with E-state index in [-0.39, 0.29) is 5.75 Å². The van der Waals surface area contributed by atoms with Gasteiger partial charge in [-0.05, 0) is 46.3 Å². The Bertz CT molecular complexity index is 534. The van der Waals surface area contributed by atoms with E-state index in [1.54, 1.807) is 18.2 Å². The number of aromatic hydroxyl groups is 1. The summed E-state index contributed by atoms with van der Waals surface area (Å²) in [6.45, 7) is 0.598. The quantitative estimate of drug-likeness (QED) is 0.669. The van der Waals surface area contributed by atoms with Gasteiger partial charge in [-0.1, -0.05) is 17.7 Å². The lowest BCUT2D eigenvalue weighted by atomic mass is 10.3. The summed E-state index contributed by atoms with van der Waals surface area (Å²) in [5, 5.41) is 12.8. The minimum atomic E-state index is 0.0813. The van der Waals surface area contributed by atoms with Crippen molar-refractivity contribution in [3.8, 4) is 5.75 Å². The lowest BCUT2D eigenvalue weighted by Gasteiger charge is -2.07. The van der Waals surface area contributed by atoms with Crippen molar-refractivity contribution in [3.63, 3.8) is 0 Å². The number of nitrogens with zero attached hydrogens (tertiary/aromatic N) is 1. The number of halogens is 2. The highest BCUT2D eigenvalue weighted by atomic mass is 79.9. The van der Waals surface area contributed by atoms with E-state index in [1.807, 2.05) is 18.2 Å². The van der Waals surface area contributed by atoms with E-state index in [0.29, 0.717) is 11.6 Å². The molecule has 2 aromatic rings. The maximum absolute atomic E-state index is 9.29. The molecule has 0 atom stereocenters. The second-order valence-electron chi connectivity index (χ2n) is 3.47. The van der Waals surface area contributed by atoms with E-state index in [2.05, 4.69) is 26.2 Å². The standard InChI is InChI=1S/C12H10BrClN2O/c13-12-3-1-2-9(16-12)7-15-8-4-5-11(17)10(14)6-8/h1-6,15,17H,7H2. The van der Waals surface area contributed by atoms with Crippen LogP contribution in [0.4, 0.5) is 5.69 Å². The van der Waals surface area contributed by atoms with Crippen LogP contribution in [-0.2, 0) is 6.54 Å². The lowest BCUT2D eigenvalue weighted by Crippen LogP contribution is -2.01. The van der Waals surface area contributed by atoms with E-state index in [0.717, 1.165) is 16.0 Å². The van der Waals surface area contributed by atoms with Gasteiger partial charge in [0.2, 0.25) is 0 Å². The molecule has 0 aliphatic carbocycles. The first kappa shape index (κ1) is 12.2. The van der Waals surface area contributed by atoms with Crippen molar-refractivity contribution in [2.24, 2.45) is 0 Å². The highest BCUT2D eigenvalue weighted by molar-refractivity contribution is 9.10.